The second kappa shape index (κ2) is 6.63. The monoisotopic (exact) mass is 265 g/mol. The van der Waals surface area contributed by atoms with Gasteiger partial charge in [-0.3, -0.25) is 9.69 Å². The first-order valence-corrected chi connectivity index (χ1v) is 6.63. The smallest absolute Gasteiger partial charge is 0.234 e. The van der Waals surface area contributed by atoms with E-state index in [0.717, 1.165) is 31.7 Å². The molecule has 0 bridgehead atoms. The minimum Gasteiger partial charge on any atom is -0.348 e. The van der Waals surface area contributed by atoms with E-state index in [2.05, 4.69) is 15.5 Å². The molecule has 1 atom stereocenters. The predicted molar refractivity (Wildman–Crippen MR) is 72.3 cm³/mol. The van der Waals surface area contributed by atoms with Gasteiger partial charge in [0.15, 0.2) is 0 Å². The summed E-state index contributed by atoms with van der Waals surface area (Å²) in [6.07, 6.45) is 0. The number of benzene rings is 1. The van der Waals surface area contributed by atoms with Gasteiger partial charge in [0.2, 0.25) is 5.91 Å². The number of amides is 1. The Hall–Kier alpha value is -1.46. The summed E-state index contributed by atoms with van der Waals surface area (Å²) >= 11 is 0. The topological polar surface area (TPSA) is 44.4 Å². The first-order valence-electron chi connectivity index (χ1n) is 6.63. The van der Waals surface area contributed by atoms with Crippen LogP contribution >= 0.6 is 0 Å². The predicted octanol–water partition coefficient (Wildman–Crippen LogP) is 0.908. The number of piperazine rings is 1. The number of carbonyl (C=O) groups excluding carboxylic acids is 1. The van der Waals surface area contributed by atoms with Gasteiger partial charge < -0.3 is 10.6 Å². The zero-order valence-electron chi connectivity index (χ0n) is 11.2. The van der Waals surface area contributed by atoms with Crippen LogP contribution in [0.2, 0.25) is 0 Å². The maximum absolute atomic E-state index is 12.8. The molecular weight excluding hydrogens is 245 g/mol. The van der Waals surface area contributed by atoms with Gasteiger partial charge in [-0.15, -0.1) is 0 Å². The number of nitrogens with zero attached hydrogens (tertiary/aromatic N) is 1. The van der Waals surface area contributed by atoms with Crippen LogP contribution in [0.3, 0.4) is 0 Å². The van der Waals surface area contributed by atoms with Crippen LogP contribution in [-0.2, 0) is 4.79 Å². The Balaban J connectivity index is 1.82. The highest BCUT2D eigenvalue weighted by molar-refractivity contribution is 5.78. The number of halogens is 1. The lowest BCUT2D eigenvalue weighted by molar-refractivity contribution is -0.123. The summed E-state index contributed by atoms with van der Waals surface area (Å²) in [5.74, 6) is -0.248. The van der Waals surface area contributed by atoms with Gasteiger partial charge in [-0.2, -0.15) is 0 Å². The third kappa shape index (κ3) is 4.29. The lowest BCUT2D eigenvalue weighted by Crippen LogP contribution is -2.47. The van der Waals surface area contributed by atoms with E-state index in [0.29, 0.717) is 6.54 Å². The average Bonchev–Trinajstić information content (AvgIpc) is 2.40. The Bertz CT molecular complexity index is 415. The highest BCUT2D eigenvalue weighted by Crippen LogP contribution is 2.12. The number of hydrogen-bond acceptors (Lipinski definition) is 3. The van der Waals surface area contributed by atoms with Crippen molar-refractivity contribution >= 4 is 5.91 Å². The molecule has 1 aromatic carbocycles. The highest BCUT2D eigenvalue weighted by Gasteiger charge is 2.15. The summed E-state index contributed by atoms with van der Waals surface area (Å²) in [6.45, 7) is 5.99. The molecular formula is C14H20FN3O. The van der Waals surface area contributed by atoms with Gasteiger partial charge in [0.05, 0.1) is 12.6 Å². The number of rotatable bonds is 4. The third-order valence-electron chi connectivity index (χ3n) is 3.32. The summed E-state index contributed by atoms with van der Waals surface area (Å²) in [5.41, 5.74) is 0.912. The van der Waals surface area contributed by atoms with Gasteiger partial charge in [-0.1, -0.05) is 12.1 Å². The maximum Gasteiger partial charge on any atom is 0.234 e. The molecule has 0 spiro atoms. The van der Waals surface area contributed by atoms with Crippen molar-refractivity contribution in [1.29, 1.82) is 0 Å². The van der Waals surface area contributed by atoms with E-state index in [1.165, 1.54) is 12.1 Å². The van der Waals surface area contributed by atoms with Crippen LogP contribution in [0.5, 0.6) is 0 Å². The lowest BCUT2D eigenvalue weighted by atomic mass is 10.1. The van der Waals surface area contributed by atoms with Crippen molar-refractivity contribution in [2.24, 2.45) is 0 Å². The molecule has 0 radical (unpaired) electrons. The van der Waals surface area contributed by atoms with Crippen LogP contribution < -0.4 is 10.6 Å². The zero-order chi connectivity index (χ0) is 13.7. The first-order chi connectivity index (χ1) is 9.15. The van der Waals surface area contributed by atoms with Crippen molar-refractivity contribution in [1.82, 2.24) is 15.5 Å². The Kier molecular flexibility index (Phi) is 4.87. The molecule has 1 aliphatic rings. The summed E-state index contributed by atoms with van der Waals surface area (Å²) in [6, 6.07) is 6.12. The van der Waals surface area contributed by atoms with Crippen LogP contribution in [-0.4, -0.2) is 43.5 Å². The fraction of sp³-hybridized carbons (Fsp3) is 0.500. The van der Waals surface area contributed by atoms with Gasteiger partial charge in [-0.25, -0.2) is 4.39 Å². The third-order valence-corrected chi connectivity index (χ3v) is 3.32. The fourth-order valence-corrected chi connectivity index (χ4v) is 2.19. The molecule has 4 nitrogen and oxygen atoms in total. The molecule has 2 N–H and O–H groups in total. The zero-order valence-corrected chi connectivity index (χ0v) is 11.2. The molecule has 1 unspecified atom stereocenters. The summed E-state index contributed by atoms with van der Waals surface area (Å²) in [5, 5.41) is 6.19. The quantitative estimate of drug-likeness (QED) is 0.850. The van der Waals surface area contributed by atoms with Crippen molar-refractivity contribution < 1.29 is 9.18 Å². The highest BCUT2D eigenvalue weighted by atomic mass is 19.1. The minimum atomic E-state index is -0.261. The Morgan fingerprint density at radius 1 is 1.37 bits per heavy atom. The Morgan fingerprint density at radius 3 is 2.63 bits per heavy atom. The van der Waals surface area contributed by atoms with Gasteiger partial charge in [0.25, 0.3) is 0 Å². The Labute approximate surface area is 113 Å². The first kappa shape index (κ1) is 14.0. The van der Waals surface area contributed by atoms with Gasteiger partial charge >= 0.3 is 0 Å². The van der Waals surface area contributed by atoms with E-state index >= 15 is 0 Å². The van der Waals surface area contributed by atoms with E-state index in [4.69, 9.17) is 0 Å². The normalized spacial score (nSPS) is 18.0. The second-order valence-corrected chi connectivity index (χ2v) is 4.87. The van der Waals surface area contributed by atoms with Gasteiger partial charge in [-0.05, 0) is 24.6 Å². The standard InChI is InChI=1S/C14H20FN3O/c1-11(12-2-4-13(15)5-3-12)17-14(19)10-18-8-6-16-7-9-18/h2-5,11,16H,6-10H2,1H3,(H,17,19). The number of carbonyl (C=O) groups is 1. The summed E-state index contributed by atoms with van der Waals surface area (Å²) in [7, 11) is 0. The molecule has 104 valence electrons. The SMILES string of the molecule is CC(NC(=O)CN1CCNCC1)c1ccc(F)cc1. The van der Waals surface area contributed by atoms with E-state index in [1.54, 1.807) is 12.1 Å². The van der Waals surface area contributed by atoms with Gasteiger partial charge in [0, 0.05) is 26.2 Å². The molecule has 0 aliphatic carbocycles. The minimum absolute atomic E-state index is 0.0127. The molecule has 1 heterocycles. The van der Waals surface area contributed by atoms with Crippen molar-refractivity contribution in [3.8, 4) is 0 Å². The Morgan fingerprint density at radius 2 is 2.00 bits per heavy atom. The number of hydrogen-bond donors (Lipinski definition) is 2. The lowest BCUT2D eigenvalue weighted by Gasteiger charge is -2.27. The molecule has 1 saturated heterocycles. The van der Waals surface area contributed by atoms with E-state index in [-0.39, 0.29) is 17.8 Å². The molecule has 1 aromatic rings. The van der Waals surface area contributed by atoms with Crippen LogP contribution in [0.25, 0.3) is 0 Å². The van der Waals surface area contributed by atoms with E-state index in [9.17, 15) is 9.18 Å². The van der Waals surface area contributed by atoms with E-state index in [1.807, 2.05) is 6.92 Å². The van der Waals surface area contributed by atoms with Crippen molar-refractivity contribution in [3.63, 3.8) is 0 Å². The largest absolute Gasteiger partial charge is 0.348 e. The van der Waals surface area contributed by atoms with Crippen molar-refractivity contribution in [2.45, 2.75) is 13.0 Å². The summed E-state index contributed by atoms with van der Waals surface area (Å²) < 4.78 is 12.8. The number of nitrogens with one attached hydrogen (secondary N) is 2. The van der Waals surface area contributed by atoms with Crippen molar-refractivity contribution in [3.05, 3.63) is 35.6 Å². The second-order valence-electron chi connectivity index (χ2n) is 4.87. The molecule has 1 aliphatic heterocycles. The molecule has 19 heavy (non-hydrogen) atoms. The van der Waals surface area contributed by atoms with Crippen molar-refractivity contribution in [2.75, 3.05) is 32.7 Å². The molecule has 0 aromatic heterocycles. The molecule has 1 fully saturated rings. The molecule has 0 saturated carbocycles. The van der Waals surface area contributed by atoms with Crippen LogP contribution in [0, 0.1) is 5.82 Å². The van der Waals surface area contributed by atoms with Crippen LogP contribution in [0.15, 0.2) is 24.3 Å². The summed E-state index contributed by atoms with van der Waals surface area (Å²) in [4.78, 5) is 14.0. The van der Waals surface area contributed by atoms with Crippen LogP contribution in [0.1, 0.15) is 18.5 Å². The fourth-order valence-electron chi connectivity index (χ4n) is 2.19. The van der Waals surface area contributed by atoms with Gasteiger partial charge in [0.1, 0.15) is 5.82 Å². The maximum atomic E-state index is 12.8. The molecule has 5 heteroatoms. The van der Waals surface area contributed by atoms with E-state index < -0.39 is 0 Å². The average molecular weight is 265 g/mol. The molecule has 1 amide bonds. The van der Waals surface area contributed by atoms with Crippen LogP contribution in [0.4, 0.5) is 4.39 Å². The molecule has 2 rings (SSSR count).